The van der Waals surface area contributed by atoms with Gasteiger partial charge in [-0.2, -0.15) is 0 Å². The smallest absolute Gasteiger partial charge is 0.342 e. The van der Waals surface area contributed by atoms with Crippen molar-refractivity contribution in [2.45, 2.75) is 64.3 Å². The Balaban J connectivity index is 2.06. The number of carbonyl (C=O) groups excluding carboxylic acids is 2. The Morgan fingerprint density at radius 1 is 1.12 bits per heavy atom. The van der Waals surface area contributed by atoms with Crippen LogP contribution in [0, 0.1) is 0 Å². The molecule has 0 aliphatic carbocycles. The molecule has 0 N–H and O–H groups in total. The second-order valence-corrected chi connectivity index (χ2v) is 7.71. The van der Waals surface area contributed by atoms with Crippen molar-refractivity contribution in [3.05, 3.63) is 35.9 Å². The lowest BCUT2D eigenvalue weighted by Crippen LogP contribution is -2.44. The van der Waals surface area contributed by atoms with Crippen LogP contribution in [0.1, 0.15) is 57.3 Å². The highest BCUT2D eigenvalue weighted by Crippen LogP contribution is 2.25. The van der Waals surface area contributed by atoms with Crippen molar-refractivity contribution in [2.75, 3.05) is 13.2 Å². The standard InChI is InChI=1S/C20H28O6/c1-19(2,3)25-26-20(4,13-17(21)15-9-6-5-7-10-15)18(22)24-14-16-11-8-12-23-16/h5-7,9-10,16H,8,11-14H2,1-4H3. The van der Waals surface area contributed by atoms with Gasteiger partial charge in [-0.25, -0.2) is 14.6 Å². The summed E-state index contributed by atoms with van der Waals surface area (Å²) in [5.74, 6) is -0.860. The van der Waals surface area contributed by atoms with Crippen LogP contribution in [0.25, 0.3) is 0 Å². The number of esters is 1. The van der Waals surface area contributed by atoms with E-state index < -0.39 is 17.2 Å². The van der Waals surface area contributed by atoms with Crippen LogP contribution in [-0.4, -0.2) is 42.3 Å². The zero-order chi connectivity index (χ0) is 19.2. The molecule has 0 bridgehead atoms. The highest BCUT2D eigenvalue weighted by Gasteiger charge is 2.42. The second-order valence-electron chi connectivity index (χ2n) is 7.71. The molecule has 1 aromatic rings. The molecule has 0 amide bonds. The molecule has 2 atom stereocenters. The molecule has 0 radical (unpaired) electrons. The minimum atomic E-state index is -1.54. The number of hydrogen-bond acceptors (Lipinski definition) is 6. The molecule has 1 aliphatic rings. The highest BCUT2D eigenvalue weighted by atomic mass is 17.2. The third kappa shape index (κ3) is 6.20. The Morgan fingerprint density at radius 2 is 1.81 bits per heavy atom. The van der Waals surface area contributed by atoms with Gasteiger partial charge in [-0.3, -0.25) is 4.79 Å². The van der Waals surface area contributed by atoms with Gasteiger partial charge in [0.05, 0.1) is 18.1 Å². The summed E-state index contributed by atoms with van der Waals surface area (Å²) in [5, 5.41) is 0. The Hall–Kier alpha value is -1.76. The third-order valence-corrected chi connectivity index (χ3v) is 3.93. The quantitative estimate of drug-likeness (QED) is 0.304. The van der Waals surface area contributed by atoms with Crippen molar-refractivity contribution in [3.8, 4) is 0 Å². The van der Waals surface area contributed by atoms with Gasteiger partial charge in [0.1, 0.15) is 6.61 Å². The number of benzene rings is 1. The van der Waals surface area contributed by atoms with Crippen molar-refractivity contribution in [1.82, 2.24) is 0 Å². The normalized spacial score (nSPS) is 19.8. The molecule has 1 fully saturated rings. The number of rotatable bonds is 8. The van der Waals surface area contributed by atoms with Crippen LogP contribution in [0.15, 0.2) is 30.3 Å². The fourth-order valence-electron chi connectivity index (χ4n) is 2.48. The Morgan fingerprint density at radius 3 is 2.38 bits per heavy atom. The lowest BCUT2D eigenvalue weighted by atomic mass is 9.95. The van der Waals surface area contributed by atoms with Crippen molar-refractivity contribution in [3.63, 3.8) is 0 Å². The molecule has 144 valence electrons. The molecule has 2 unspecified atom stereocenters. The fraction of sp³-hybridized carbons (Fsp3) is 0.600. The SMILES string of the molecule is CC(C)(C)OOC(C)(CC(=O)c1ccccc1)C(=O)OCC1CCCO1. The second kappa shape index (κ2) is 8.75. The molecule has 1 saturated heterocycles. The van der Waals surface area contributed by atoms with E-state index in [1.165, 1.54) is 6.92 Å². The average molecular weight is 364 g/mol. The van der Waals surface area contributed by atoms with E-state index in [0.29, 0.717) is 12.2 Å². The Kier molecular flexibility index (Phi) is 6.92. The minimum Gasteiger partial charge on any atom is -0.461 e. The number of ether oxygens (including phenoxy) is 2. The lowest BCUT2D eigenvalue weighted by Gasteiger charge is -2.29. The summed E-state index contributed by atoms with van der Waals surface area (Å²) in [6.07, 6.45) is 1.52. The summed E-state index contributed by atoms with van der Waals surface area (Å²) in [4.78, 5) is 36.0. The zero-order valence-corrected chi connectivity index (χ0v) is 15.9. The third-order valence-electron chi connectivity index (χ3n) is 3.93. The maximum atomic E-state index is 12.7. The van der Waals surface area contributed by atoms with Crippen LogP contribution in [0.3, 0.4) is 0 Å². The van der Waals surface area contributed by atoms with Crippen LogP contribution in [0.4, 0.5) is 0 Å². The van der Waals surface area contributed by atoms with Crippen LogP contribution in [0.2, 0.25) is 0 Å². The molecule has 0 aromatic heterocycles. The summed E-state index contributed by atoms with van der Waals surface area (Å²) < 4.78 is 10.8. The van der Waals surface area contributed by atoms with Gasteiger partial charge >= 0.3 is 5.97 Å². The van der Waals surface area contributed by atoms with Crippen molar-refractivity contribution in [2.24, 2.45) is 0 Å². The minimum absolute atomic E-state index is 0.100. The Labute approximate surface area is 154 Å². The molecule has 6 heteroatoms. The van der Waals surface area contributed by atoms with E-state index in [2.05, 4.69) is 0 Å². The summed E-state index contributed by atoms with van der Waals surface area (Å²) in [7, 11) is 0. The van der Waals surface area contributed by atoms with Crippen LogP contribution in [-0.2, 0) is 24.0 Å². The number of ketones is 1. The lowest BCUT2D eigenvalue weighted by molar-refractivity contribution is -0.392. The van der Waals surface area contributed by atoms with Gasteiger partial charge in [0.15, 0.2) is 5.78 Å². The van der Waals surface area contributed by atoms with E-state index in [1.807, 2.05) is 6.07 Å². The zero-order valence-electron chi connectivity index (χ0n) is 15.9. The van der Waals surface area contributed by atoms with E-state index in [9.17, 15) is 9.59 Å². The first-order chi connectivity index (χ1) is 12.2. The maximum absolute atomic E-state index is 12.7. The molecular formula is C20H28O6. The predicted octanol–water partition coefficient (Wildman–Crippen LogP) is 3.49. The van der Waals surface area contributed by atoms with Gasteiger partial charge in [-0.1, -0.05) is 30.3 Å². The first-order valence-corrected chi connectivity index (χ1v) is 8.93. The van der Waals surface area contributed by atoms with Gasteiger partial charge in [0, 0.05) is 12.2 Å². The molecule has 1 heterocycles. The number of Topliss-reactive ketones (excluding diaryl/α,β-unsaturated/α-hetero) is 1. The first kappa shape index (κ1) is 20.6. The monoisotopic (exact) mass is 364 g/mol. The summed E-state index contributed by atoms with van der Waals surface area (Å²) in [5.41, 5.74) is -1.67. The van der Waals surface area contributed by atoms with Crippen LogP contribution in [0.5, 0.6) is 0 Å². The number of carbonyl (C=O) groups is 2. The molecule has 1 aliphatic heterocycles. The Bertz CT molecular complexity index is 600. The summed E-state index contributed by atoms with van der Waals surface area (Å²) >= 11 is 0. The largest absolute Gasteiger partial charge is 0.461 e. The van der Waals surface area contributed by atoms with Gasteiger partial charge in [0.2, 0.25) is 5.60 Å². The van der Waals surface area contributed by atoms with Gasteiger partial charge in [-0.15, -0.1) is 0 Å². The number of hydrogen-bond donors (Lipinski definition) is 0. The van der Waals surface area contributed by atoms with Crippen molar-refractivity contribution in [1.29, 1.82) is 0 Å². The van der Waals surface area contributed by atoms with Gasteiger partial charge in [0.25, 0.3) is 0 Å². The van der Waals surface area contributed by atoms with E-state index in [1.54, 1.807) is 45.0 Å². The molecular weight excluding hydrogens is 336 g/mol. The van der Waals surface area contributed by atoms with Crippen molar-refractivity contribution >= 4 is 11.8 Å². The molecule has 0 saturated carbocycles. The topological polar surface area (TPSA) is 71.1 Å². The molecule has 6 nitrogen and oxygen atoms in total. The maximum Gasteiger partial charge on any atom is 0.342 e. The van der Waals surface area contributed by atoms with E-state index in [4.69, 9.17) is 19.2 Å². The molecule has 0 spiro atoms. The van der Waals surface area contributed by atoms with Crippen LogP contribution >= 0.6 is 0 Å². The van der Waals surface area contributed by atoms with Gasteiger partial charge in [-0.05, 0) is 40.5 Å². The predicted molar refractivity (Wildman–Crippen MR) is 95.7 cm³/mol. The first-order valence-electron chi connectivity index (χ1n) is 8.93. The highest BCUT2D eigenvalue weighted by molar-refractivity contribution is 5.99. The summed E-state index contributed by atoms with van der Waals surface area (Å²) in [6.45, 7) is 7.72. The molecule has 2 rings (SSSR count). The van der Waals surface area contributed by atoms with Gasteiger partial charge < -0.3 is 9.47 Å². The fourth-order valence-corrected chi connectivity index (χ4v) is 2.48. The molecule has 26 heavy (non-hydrogen) atoms. The average Bonchev–Trinajstić information content (AvgIpc) is 3.11. The summed E-state index contributed by atoms with van der Waals surface area (Å²) in [6, 6.07) is 8.76. The van der Waals surface area contributed by atoms with Crippen LogP contribution < -0.4 is 0 Å². The van der Waals surface area contributed by atoms with E-state index >= 15 is 0 Å². The van der Waals surface area contributed by atoms with E-state index in [0.717, 1.165) is 12.8 Å². The van der Waals surface area contributed by atoms with Crippen molar-refractivity contribution < 1.29 is 28.8 Å². The van der Waals surface area contributed by atoms with E-state index in [-0.39, 0.29) is 24.9 Å². The molecule has 1 aromatic carbocycles.